The van der Waals surface area contributed by atoms with Crippen LogP contribution in [-0.2, 0) is 6.42 Å². The third kappa shape index (κ3) is 2.28. The summed E-state index contributed by atoms with van der Waals surface area (Å²) in [7, 11) is 0. The summed E-state index contributed by atoms with van der Waals surface area (Å²) in [6, 6.07) is 9.41. The molecule has 0 aliphatic rings. The Hall–Kier alpha value is -1.68. The molecule has 0 fully saturated rings. The van der Waals surface area contributed by atoms with Crippen molar-refractivity contribution in [2.45, 2.75) is 25.9 Å². The third-order valence-corrected chi connectivity index (χ3v) is 2.40. The second-order valence-electron chi connectivity index (χ2n) is 3.70. The summed E-state index contributed by atoms with van der Waals surface area (Å²) in [4.78, 5) is 4.26. The molecule has 0 bridgehead atoms. The summed E-state index contributed by atoms with van der Waals surface area (Å²) in [5.74, 6) is 1.27. The number of aromatic nitrogens is 3. The minimum absolute atomic E-state index is 0.439. The molecule has 2 rings (SSSR count). The second-order valence-corrected chi connectivity index (χ2v) is 3.70. The number of nitrogens with zero attached hydrogens (tertiary/aromatic N) is 2. The highest BCUT2D eigenvalue weighted by molar-refractivity contribution is 5.22. The van der Waals surface area contributed by atoms with Crippen LogP contribution >= 0.6 is 0 Å². The van der Waals surface area contributed by atoms with Crippen molar-refractivity contribution in [1.29, 1.82) is 0 Å². The third-order valence-electron chi connectivity index (χ3n) is 2.40. The first-order valence-electron chi connectivity index (χ1n) is 5.45. The molecule has 4 nitrogen and oxygen atoms in total. The summed E-state index contributed by atoms with van der Waals surface area (Å²) in [5.41, 5.74) is 0.810. The highest BCUT2D eigenvalue weighted by atomic mass is 16.3. The van der Waals surface area contributed by atoms with E-state index >= 15 is 0 Å². The van der Waals surface area contributed by atoms with Crippen molar-refractivity contribution in [2.75, 3.05) is 0 Å². The topological polar surface area (TPSA) is 61.8 Å². The first-order valence-corrected chi connectivity index (χ1v) is 5.45. The van der Waals surface area contributed by atoms with E-state index in [0.717, 1.165) is 24.2 Å². The highest BCUT2D eigenvalue weighted by Gasteiger charge is 2.14. The van der Waals surface area contributed by atoms with Crippen LogP contribution in [0, 0.1) is 0 Å². The number of aryl methyl sites for hydroxylation is 1. The van der Waals surface area contributed by atoms with Gasteiger partial charge in [0.1, 0.15) is 11.9 Å². The average molecular weight is 217 g/mol. The Bertz CT molecular complexity index is 439. The zero-order valence-electron chi connectivity index (χ0n) is 9.22. The summed E-state index contributed by atoms with van der Waals surface area (Å²) in [6.45, 7) is 2.08. The molecule has 1 aromatic carbocycles. The molecule has 0 saturated heterocycles. The van der Waals surface area contributed by atoms with E-state index in [2.05, 4.69) is 22.1 Å². The van der Waals surface area contributed by atoms with Crippen molar-refractivity contribution < 1.29 is 5.11 Å². The predicted octanol–water partition coefficient (Wildman–Crippen LogP) is 1.84. The van der Waals surface area contributed by atoms with Gasteiger partial charge in [0.25, 0.3) is 0 Å². The zero-order valence-corrected chi connectivity index (χ0v) is 9.22. The van der Waals surface area contributed by atoms with Crippen LogP contribution < -0.4 is 0 Å². The molecule has 0 radical (unpaired) electrons. The average Bonchev–Trinajstić information content (AvgIpc) is 2.78. The number of nitrogens with one attached hydrogen (secondary N) is 1. The number of aromatic amines is 1. The van der Waals surface area contributed by atoms with E-state index in [0.29, 0.717) is 5.82 Å². The van der Waals surface area contributed by atoms with Crippen LogP contribution in [0.2, 0.25) is 0 Å². The molecule has 2 N–H and O–H groups in total. The Labute approximate surface area is 94.4 Å². The van der Waals surface area contributed by atoms with Gasteiger partial charge in [0.2, 0.25) is 0 Å². The van der Waals surface area contributed by atoms with Crippen molar-refractivity contribution in [2.24, 2.45) is 0 Å². The lowest BCUT2D eigenvalue weighted by atomic mass is 10.1. The first kappa shape index (κ1) is 10.8. The molecule has 1 heterocycles. The van der Waals surface area contributed by atoms with Gasteiger partial charge in [0, 0.05) is 6.42 Å². The molecule has 0 aliphatic carbocycles. The Morgan fingerprint density at radius 3 is 2.75 bits per heavy atom. The maximum atomic E-state index is 10.0. The highest BCUT2D eigenvalue weighted by Crippen LogP contribution is 2.17. The normalized spacial score (nSPS) is 12.6. The largest absolute Gasteiger partial charge is 0.380 e. The summed E-state index contributed by atoms with van der Waals surface area (Å²) in [5, 5.41) is 16.9. The van der Waals surface area contributed by atoms with Gasteiger partial charge < -0.3 is 5.11 Å². The van der Waals surface area contributed by atoms with E-state index < -0.39 is 6.10 Å². The predicted molar refractivity (Wildman–Crippen MR) is 60.9 cm³/mol. The number of H-pyrrole nitrogens is 1. The van der Waals surface area contributed by atoms with Gasteiger partial charge in [0.05, 0.1) is 0 Å². The first-order chi connectivity index (χ1) is 7.81. The maximum Gasteiger partial charge on any atom is 0.183 e. The Morgan fingerprint density at radius 1 is 1.31 bits per heavy atom. The minimum atomic E-state index is -0.747. The Morgan fingerprint density at radius 2 is 2.06 bits per heavy atom. The van der Waals surface area contributed by atoms with Crippen LogP contribution in [0.5, 0.6) is 0 Å². The molecule has 4 heteroatoms. The van der Waals surface area contributed by atoms with Gasteiger partial charge in [-0.15, -0.1) is 0 Å². The number of benzene rings is 1. The van der Waals surface area contributed by atoms with E-state index in [-0.39, 0.29) is 0 Å². The lowest BCUT2D eigenvalue weighted by molar-refractivity contribution is 0.210. The van der Waals surface area contributed by atoms with E-state index in [1.807, 2.05) is 30.3 Å². The summed E-state index contributed by atoms with van der Waals surface area (Å²) >= 11 is 0. The fraction of sp³-hybridized carbons (Fsp3) is 0.333. The fourth-order valence-electron chi connectivity index (χ4n) is 1.57. The van der Waals surface area contributed by atoms with Crippen molar-refractivity contribution in [3.63, 3.8) is 0 Å². The number of hydrogen-bond acceptors (Lipinski definition) is 3. The number of aliphatic hydroxyl groups is 1. The standard InChI is InChI=1S/C12H15N3O/c1-2-6-10-13-12(15-14-10)11(16)9-7-4-3-5-8-9/h3-5,7-8,11,16H,2,6H2,1H3,(H,13,14,15). The van der Waals surface area contributed by atoms with Gasteiger partial charge in [-0.2, -0.15) is 5.10 Å². The van der Waals surface area contributed by atoms with Crippen LogP contribution in [0.1, 0.15) is 36.7 Å². The van der Waals surface area contributed by atoms with Crippen LogP contribution in [0.3, 0.4) is 0 Å². The van der Waals surface area contributed by atoms with Crippen LogP contribution in [0.25, 0.3) is 0 Å². The summed E-state index contributed by atoms with van der Waals surface area (Å²) in [6.07, 6.45) is 1.12. The van der Waals surface area contributed by atoms with Crippen molar-refractivity contribution in [3.05, 3.63) is 47.5 Å². The molecule has 0 saturated carbocycles. The molecule has 0 spiro atoms. The summed E-state index contributed by atoms with van der Waals surface area (Å²) < 4.78 is 0. The molecule has 0 aliphatic heterocycles. The Balaban J connectivity index is 2.17. The van der Waals surface area contributed by atoms with Gasteiger partial charge in [-0.1, -0.05) is 37.3 Å². The molecule has 1 unspecified atom stereocenters. The number of aliphatic hydroxyl groups excluding tert-OH is 1. The fourth-order valence-corrected chi connectivity index (χ4v) is 1.57. The van der Waals surface area contributed by atoms with Gasteiger partial charge in [0.15, 0.2) is 5.82 Å². The molecule has 16 heavy (non-hydrogen) atoms. The SMILES string of the molecule is CCCc1nc(C(O)c2ccccc2)n[nH]1. The van der Waals surface area contributed by atoms with E-state index in [4.69, 9.17) is 0 Å². The van der Waals surface area contributed by atoms with E-state index in [1.165, 1.54) is 0 Å². The van der Waals surface area contributed by atoms with Crippen molar-refractivity contribution in [3.8, 4) is 0 Å². The lowest BCUT2D eigenvalue weighted by Gasteiger charge is -2.05. The molecule has 0 amide bonds. The van der Waals surface area contributed by atoms with Crippen LogP contribution in [0.4, 0.5) is 0 Å². The molecule has 84 valence electrons. The Kier molecular flexibility index (Phi) is 3.31. The smallest absolute Gasteiger partial charge is 0.183 e. The van der Waals surface area contributed by atoms with Gasteiger partial charge >= 0.3 is 0 Å². The quantitative estimate of drug-likeness (QED) is 0.821. The molecular weight excluding hydrogens is 202 g/mol. The molecule has 1 atom stereocenters. The van der Waals surface area contributed by atoms with Crippen LogP contribution in [-0.4, -0.2) is 20.3 Å². The van der Waals surface area contributed by atoms with Crippen molar-refractivity contribution in [1.82, 2.24) is 15.2 Å². The second kappa shape index (κ2) is 4.90. The molecule has 2 aromatic rings. The number of rotatable bonds is 4. The minimum Gasteiger partial charge on any atom is -0.380 e. The maximum absolute atomic E-state index is 10.0. The van der Waals surface area contributed by atoms with Crippen molar-refractivity contribution >= 4 is 0 Å². The van der Waals surface area contributed by atoms with E-state index in [1.54, 1.807) is 0 Å². The number of hydrogen-bond donors (Lipinski definition) is 2. The lowest BCUT2D eigenvalue weighted by Crippen LogP contribution is -2.01. The zero-order chi connectivity index (χ0) is 11.4. The van der Waals surface area contributed by atoms with Gasteiger partial charge in [-0.05, 0) is 12.0 Å². The van der Waals surface area contributed by atoms with E-state index in [9.17, 15) is 5.11 Å². The van der Waals surface area contributed by atoms with Crippen LogP contribution in [0.15, 0.2) is 30.3 Å². The monoisotopic (exact) mass is 217 g/mol. The van der Waals surface area contributed by atoms with Gasteiger partial charge in [-0.3, -0.25) is 5.10 Å². The molecular formula is C12H15N3O. The molecule has 1 aromatic heterocycles. The van der Waals surface area contributed by atoms with Gasteiger partial charge in [-0.25, -0.2) is 4.98 Å².